The minimum Gasteiger partial charge on any atom is -0.298 e. The van der Waals surface area contributed by atoms with Crippen molar-refractivity contribution in [2.24, 2.45) is 7.05 Å². The maximum Gasteiger partial charge on any atom is 0.276 e. The Kier molecular flexibility index (Phi) is 5.92. The average Bonchev–Trinajstić information content (AvgIpc) is 2.89. The molecular formula is C23H29N5O. The van der Waals surface area contributed by atoms with Crippen LogP contribution >= 0.6 is 0 Å². The van der Waals surface area contributed by atoms with E-state index in [1.165, 1.54) is 5.56 Å². The molecule has 29 heavy (non-hydrogen) atoms. The molecular weight excluding hydrogens is 362 g/mol. The molecule has 3 aromatic rings. The molecule has 1 fully saturated rings. The molecule has 1 aliphatic rings. The first-order chi connectivity index (χ1) is 14.1. The fourth-order valence-electron chi connectivity index (χ4n) is 4.12. The molecule has 4 rings (SSSR count). The smallest absolute Gasteiger partial charge is 0.276 e. The number of rotatable bonds is 5. The van der Waals surface area contributed by atoms with Crippen LogP contribution in [0.15, 0.2) is 59.7 Å². The molecule has 0 bridgehead atoms. The molecule has 0 radical (unpaired) electrons. The molecule has 0 saturated carbocycles. The van der Waals surface area contributed by atoms with E-state index in [0.717, 1.165) is 56.1 Å². The lowest BCUT2D eigenvalue weighted by Crippen LogP contribution is -2.32. The van der Waals surface area contributed by atoms with Crippen LogP contribution < -0.4 is 5.56 Å². The summed E-state index contributed by atoms with van der Waals surface area (Å²) in [5.74, 6) is 0. The largest absolute Gasteiger partial charge is 0.298 e. The Morgan fingerprint density at radius 3 is 2.34 bits per heavy atom. The Morgan fingerprint density at radius 1 is 0.931 bits per heavy atom. The lowest BCUT2D eigenvalue weighted by Gasteiger charge is -2.21. The topological polar surface area (TPSA) is 46.3 Å². The van der Waals surface area contributed by atoms with E-state index in [0.29, 0.717) is 6.54 Å². The van der Waals surface area contributed by atoms with Gasteiger partial charge in [-0.1, -0.05) is 24.3 Å². The number of hydrogen-bond acceptors (Lipinski definition) is 4. The summed E-state index contributed by atoms with van der Waals surface area (Å²) in [7, 11) is 1.96. The predicted molar refractivity (Wildman–Crippen MR) is 115 cm³/mol. The Morgan fingerprint density at radius 2 is 1.66 bits per heavy atom. The van der Waals surface area contributed by atoms with Gasteiger partial charge in [0.1, 0.15) is 0 Å². The molecule has 1 aromatic carbocycles. The molecule has 6 nitrogen and oxygen atoms in total. The number of benzene rings is 1. The van der Waals surface area contributed by atoms with Gasteiger partial charge < -0.3 is 0 Å². The third kappa shape index (κ3) is 4.33. The number of hydrogen-bond donors (Lipinski definition) is 0. The van der Waals surface area contributed by atoms with Gasteiger partial charge in [-0.3, -0.25) is 24.3 Å². The molecule has 1 aliphatic heterocycles. The minimum absolute atomic E-state index is 0.0904. The van der Waals surface area contributed by atoms with Gasteiger partial charge in [-0.05, 0) is 50.2 Å². The van der Waals surface area contributed by atoms with Crippen LogP contribution in [0.3, 0.4) is 0 Å². The maximum atomic E-state index is 13.2. The quantitative estimate of drug-likeness (QED) is 0.671. The van der Waals surface area contributed by atoms with E-state index in [1.807, 2.05) is 67.4 Å². The Hall–Kier alpha value is -2.70. The number of pyridine rings is 1. The summed E-state index contributed by atoms with van der Waals surface area (Å²) in [6.07, 6.45) is 4.87. The molecule has 2 aromatic heterocycles. The van der Waals surface area contributed by atoms with Crippen molar-refractivity contribution in [3.05, 3.63) is 82.0 Å². The van der Waals surface area contributed by atoms with Crippen LogP contribution in [-0.2, 0) is 20.1 Å². The molecule has 0 amide bonds. The predicted octanol–water partition coefficient (Wildman–Crippen LogP) is 2.59. The number of aromatic nitrogens is 3. The summed E-state index contributed by atoms with van der Waals surface area (Å²) >= 11 is 0. The molecule has 0 N–H and O–H groups in total. The second-order valence-electron chi connectivity index (χ2n) is 7.81. The van der Waals surface area contributed by atoms with Crippen LogP contribution in [0.25, 0.3) is 5.69 Å². The monoisotopic (exact) mass is 391 g/mol. The Balaban J connectivity index is 1.47. The normalized spacial score (nSPS) is 16.1. The first-order valence-corrected chi connectivity index (χ1v) is 10.3. The molecule has 0 unspecified atom stereocenters. The van der Waals surface area contributed by atoms with Crippen LogP contribution in [0.2, 0.25) is 0 Å². The third-order valence-corrected chi connectivity index (χ3v) is 5.87. The summed E-state index contributed by atoms with van der Waals surface area (Å²) in [6.45, 7) is 7.76. The van der Waals surface area contributed by atoms with Gasteiger partial charge in [-0.25, -0.2) is 4.68 Å². The van der Waals surface area contributed by atoms with E-state index >= 15 is 0 Å². The van der Waals surface area contributed by atoms with E-state index in [-0.39, 0.29) is 5.56 Å². The highest BCUT2D eigenvalue weighted by atomic mass is 16.1. The minimum atomic E-state index is 0.0904. The van der Waals surface area contributed by atoms with Gasteiger partial charge in [-0.2, -0.15) is 0 Å². The van der Waals surface area contributed by atoms with Crippen molar-refractivity contribution in [1.82, 2.24) is 24.1 Å². The SMILES string of the molecule is Cc1c(CN2CCCN(Cc3cccnc3)CC2)c(=O)n(-c2ccccc2)n1C. The first kappa shape index (κ1) is 19.6. The van der Waals surface area contributed by atoms with Gasteiger partial charge in [0.2, 0.25) is 0 Å². The second-order valence-corrected chi connectivity index (χ2v) is 7.81. The lowest BCUT2D eigenvalue weighted by atomic mass is 10.2. The number of para-hydroxylation sites is 1. The highest BCUT2D eigenvalue weighted by Gasteiger charge is 2.21. The molecule has 152 valence electrons. The summed E-state index contributed by atoms with van der Waals surface area (Å²) in [5.41, 5.74) is 4.19. The van der Waals surface area contributed by atoms with E-state index in [4.69, 9.17) is 0 Å². The fourth-order valence-corrected chi connectivity index (χ4v) is 4.12. The van der Waals surface area contributed by atoms with Gasteiger partial charge in [-0.15, -0.1) is 0 Å². The standard InChI is InChI=1S/C23H29N5O/c1-19-22(23(29)28(25(19)2)21-9-4-3-5-10-21)18-27-13-7-12-26(14-15-27)17-20-8-6-11-24-16-20/h3-6,8-11,16H,7,12-15,17-18H2,1-2H3. The van der Waals surface area contributed by atoms with Crippen molar-refractivity contribution in [3.63, 3.8) is 0 Å². The molecule has 3 heterocycles. The van der Waals surface area contributed by atoms with Crippen molar-refractivity contribution >= 4 is 0 Å². The van der Waals surface area contributed by atoms with Crippen molar-refractivity contribution in [1.29, 1.82) is 0 Å². The van der Waals surface area contributed by atoms with Gasteiger partial charge in [0.25, 0.3) is 5.56 Å². The average molecular weight is 392 g/mol. The van der Waals surface area contributed by atoms with Crippen LogP contribution in [0.5, 0.6) is 0 Å². The van der Waals surface area contributed by atoms with E-state index in [2.05, 4.69) is 20.9 Å². The molecule has 6 heteroatoms. The zero-order chi connectivity index (χ0) is 20.2. The van der Waals surface area contributed by atoms with Gasteiger partial charge >= 0.3 is 0 Å². The molecule has 0 atom stereocenters. The van der Waals surface area contributed by atoms with Crippen molar-refractivity contribution < 1.29 is 0 Å². The number of nitrogens with zero attached hydrogens (tertiary/aromatic N) is 5. The summed E-state index contributed by atoms with van der Waals surface area (Å²) in [5, 5.41) is 0. The van der Waals surface area contributed by atoms with Crippen molar-refractivity contribution in [3.8, 4) is 5.69 Å². The van der Waals surface area contributed by atoms with Crippen molar-refractivity contribution in [2.75, 3.05) is 26.2 Å². The second kappa shape index (κ2) is 8.76. The summed E-state index contributed by atoms with van der Waals surface area (Å²) in [6, 6.07) is 14.0. The molecule has 1 saturated heterocycles. The first-order valence-electron chi connectivity index (χ1n) is 10.3. The van der Waals surface area contributed by atoms with E-state index in [9.17, 15) is 4.79 Å². The highest BCUT2D eigenvalue weighted by Crippen LogP contribution is 2.14. The van der Waals surface area contributed by atoms with Gasteiger partial charge in [0.05, 0.1) is 11.3 Å². The van der Waals surface area contributed by atoms with E-state index in [1.54, 1.807) is 4.68 Å². The van der Waals surface area contributed by atoms with Gasteiger partial charge in [0, 0.05) is 51.3 Å². The van der Waals surface area contributed by atoms with E-state index < -0.39 is 0 Å². The van der Waals surface area contributed by atoms with Crippen LogP contribution in [-0.4, -0.2) is 50.3 Å². The van der Waals surface area contributed by atoms with Gasteiger partial charge in [0.15, 0.2) is 0 Å². The van der Waals surface area contributed by atoms with Crippen LogP contribution in [0, 0.1) is 6.92 Å². The lowest BCUT2D eigenvalue weighted by molar-refractivity contribution is 0.246. The third-order valence-electron chi connectivity index (χ3n) is 5.87. The molecule has 0 aliphatic carbocycles. The fraction of sp³-hybridized carbons (Fsp3) is 0.391. The molecule has 0 spiro atoms. The Bertz CT molecular complexity index is 993. The van der Waals surface area contributed by atoms with Crippen molar-refractivity contribution in [2.45, 2.75) is 26.4 Å². The van der Waals surface area contributed by atoms with Crippen LogP contribution in [0.1, 0.15) is 23.2 Å². The zero-order valence-corrected chi connectivity index (χ0v) is 17.3. The Labute approximate surface area is 172 Å². The highest BCUT2D eigenvalue weighted by molar-refractivity contribution is 5.33. The summed E-state index contributed by atoms with van der Waals surface area (Å²) < 4.78 is 3.75. The zero-order valence-electron chi connectivity index (χ0n) is 17.3. The maximum absolute atomic E-state index is 13.2. The van der Waals surface area contributed by atoms with Crippen LogP contribution in [0.4, 0.5) is 0 Å². The summed E-state index contributed by atoms with van der Waals surface area (Å²) in [4.78, 5) is 22.3.